The van der Waals surface area contributed by atoms with Gasteiger partial charge in [-0.25, -0.2) is 4.39 Å². The van der Waals surface area contributed by atoms with E-state index in [9.17, 15) is 31.1 Å². The summed E-state index contributed by atoms with van der Waals surface area (Å²) < 4.78 is 87.9. The van der Waals surface area contributed by atoms with Crippen LogP contribution in [0.3, 0.4) is 0 Å². The predicted molar refractivity (Wildman–Crippen MR) is 91.6 cm³/mol. The molecular formula is C18H16F6N4O3. The van der Waals surface area contributed by atoms with Crippen molar-refractivity contribution < 1.29 is 40.3 Å². The Labute approximate surface area is 171 Å². The van der Waals surface area contributed by atoms with Gasteiger partial charge >= 0.3 is 12.6 Å². The van der Waals surface area contributed by atoms with Gasteiger partial charge in [-0.05, 0) is 18.6 Å². The Kier molecular flexibility index (Phi) is 5.64. The molecule has 1 amide bonds. The molecule has 0 unspecified atom stereocenters. The lowest BCUT2D eigenvalue weighted by atomic mass is 10.0. The van der Waals surface area contributed by atoms with E-state index in [-0.39, 0.29) is 48.8 Å². The number of ether oxygens (including phenoxy) is 1. The number of amides is 1. The third-order valence-electron chi connectivity index (χ3n) is 5.17. The maximum Gasteiger partial charge on any atom is 0.401 e. The first-order valence-electron chi connectivity index (χ1n) is 9.27. The van der Waals surface area contributed by atoms with Crippen LogP contribution in [0.2, 0.25) is 0 Å². The van der Waals surface area contributed by atoms with Gasteiger partial charge in [-0.1, -0.05) is 0 Å². The number of alkyl halides is 5. The molecule has 1 aromatic heterocycles. The average Bonchev–Trinajstić information content (AvgIpc) is 3.32. The summed E-state index contributed by atoms with van der Waals surface area (Å²) in [7, 11) is 0. The standard InChI is InChI=1S/C18H16F6N4O3/c19-11-4-8(15-26-27-16(31-15)14(20)21)3-9-10(11)5-28(17(9)29)13-1-2-30-6-12(13)25-7-18(22,23)24/h3-4,12-14,25H,1-2,5-7H2/t12-,13-/m1/s1. The first-order chi connectivity index (χ1) is 14.6. The number of fused-ring (bicyclic) bond motifs is 1. The fourth-order valence-corrected chi connectivity index (χ4v) is 3.76. The minimum absolute atomic E-state index is 0.0344. The summed E-state index contributed by atoms with van der Waals surface area (Å²) in [6.45, 7) is -1.19. The number of carbonyl (C=O) groups excluding carboxylic acids is 1. The van der Waals surface area contributed by atoms with E-state index in [0.29, 0.717) is 0 Å². The largest absolute Gasteiger partial charge is 0.415 e. The van der Waals surface area contributed by atoms with Crippen LogP contribution in [0.4, 0.5) is 26.3 Å². The van der Waals surface area contributed by atoms with Gasteiger partial charge in [0, 0.05) is 23.3 Å². The van der Waals surface area contributed by atoms with Crippen molar-refractivity contribution in [1.29, 1.82) is 0 Å². The molecule has 0 spiro atoms. The first kappa shape index (κ1) is 21.6. The molecular weight excluding hydrogens is 434 g/mol. The van der Waals surface area contributed by atoms with Gasteiger partial charge in [-0.15, -0.1) is 10.2 Å². The highest BCUT2D eigenvalue weighted by atomic mass is 19.4. The van der Waals surface area contributed by atoms with Crippen LogP contribution in [0.1, 0.15) is 34.7 Å². The number of nitrogens with one attached hydrogen (secondary N) is 1. The van der Waals surface area contributed by atoms with E-state index < -0.39 is 48.8 Å². The van der Waals surface area contributed by atoms with Crippen LogP contribution in [0.25, 0.3) is 11.5 Å². The molecule has 3 heterocycles. The van der Waals surface area contributed by atoms with Crippen LogP contribution >= 0.6 is 0 Å². The van der Waals surface area contributed by atoms with Gasteiger partial charge in [0.15, 0.2) is 0 Å². The van der Waals surface area contributed by atoms with Gasteiger partial charge in [0.05, 0.1) is 31.8 Å². The molecule has 0 aliphatic carbocycles. The summed E-state index contributed by atoms with van der Waals surface area (Å²) in [4.78, 5) is 14.3. The molecule has 2 aliphatic rings. The highest BCUT2D eigenvalue weighted by Crippen LogP contribution is 2.34. The van der Waals surface area contributed by atoms with Crippen LogP contribution in [0.5, 0.6) is 0 Å². The van der Waals surface area contributed by atoms with Gasteiger partial charge in [0.2, 0.25) is 5.89 Å². The summed E-state index contributed by atoms with van der Waals surface area (Å²) >= 11 is 0. The van der Waals surface area contributed by atoms with Crippen molar-refractivity contribution in [2.24, 2.45) is 0 Å². The number of hydrogen-bond donors (Lipinski definition) is 1. The third kappa shape index (κ3) is 4.37. The zero-order chi connectivity index (χ0) is 22.3. The third-order valence-corrected chi connectivity index (χ3v) is 5.17. The van der Waals surface area contributed by atoms with Crippen LogP contribution < -0.4 is 5.32 Å². The number of halogens is 6. The monoisotopic (exact) mass is 450 g/mol. The highest BCUT2D eigenvalue weighted by Gasteiger charge is 2.41. The summed E-state index contributed by atoms with van der Waals surface area (Å²) in [6, 6.07) is 0.802. The lowest BCUT2D eigenvalue weighted by Crippen LogP contribution is -2.56. The number of aromatic nitrogens is 2. The minimum atomic E-state index is -4.44. The Hall–Kier alpha value is -2.67. The molecule has 2 aliphatic heterocycles. The van der Waals surface area contributed by atoms with Gasteiger partial charge in [0.1, 0.15) is 5.82 Å². The van der Waals surface area contributed by atoms with E-state index in [4.69, 9.17) is 9.15 Å². The summed E-state index contributed by atoms with van der Waals surface area (Å²) in [5.74, 6) is -2.69. The average molecular weight is 450 g/mol. The van der Waals surface area contributed by atoms with Crippen LogP contribution in [0.15, 0.2) is 16.5 Å². The first-order valence-corrected chi connectivity index (χ1v) is 9.27. The number of benzene rings is 1. The van der Waals surface area contributed by atoms with Gasteiger partial charge in [0.25, 0.3) is 11.8 Å². The van der Waals surface area contributed by atoms with Crippen molar-refractivity contribution in [1.82, 2.24) is 20.4 Å². The SMILES string of the molecule is O=C1c2cc(-c3nnc(C(F)F)o3)cc(F)c2CN1[C@@H]1CCOC[C@H]1NCC(F)(F)F. The second kappa shape index (κ2) is 8.11. The van der Waals surface area contributed by atoms with Crippen molar-refractivity contribution >= 4 is 5.91 Å². The lowest BCUT2D eigenvalue weighted by Gasteiger charge is -2.38. The summed E-state index contributed by atoms with van der Waals surface area (Å²) in [6.07, 6.45) is -7.18. The lowest BCUT2D eigenvalue weighted by molar-refractivity contribution is -0.129. The van der Waals surface area contributed by atoms with Crippen molar-refractivity contribution in [3.8, 4) is 11.5 Å². The molecule has 1 fully saturated rings. The van der Waals surface area contributed by atoms with E-state index in [2.05, 4.69) is 15.5 Å². The topological polar surface area (TPSA) is 80.5 Å². The normalized spacial score (nSPS) is 21.8. The molecule has 1 saturated heterocycles. The van der Waals surface area contributed by atoms with Crippen LogP contribution in [0, 0.1) is 5.82 Å². The van der Waals surface area contributed by atoms with E-state index in [1.807, 2.05) is 0 Å². The zero-order valence-corrected chi connectivity index (χ0v) is 15.8. The molecule has 168 valence electrons. The molecule has 13 heteroatoms. The highest BCUT2D eigenvalue weighted by molar-refractivity contribution is 5.99. The van der Waals surface area contributed by atoms with E-state index in [1.165, 1.54) is 11.0 Å². The summed E-state index contributed by atoms with van der Waals surface area (Å²) in [5.41, 5.74) is -0.0270. The molecule has 7 nitrogen and oxygen atoms in total. The van der Waals surface area contributed by atoms with Gasteiger partial charge in [-0.2, -0.15) is 22.0 Å². The molecule has 0 saturated carbocycles. The Morgan fingerprint density at radius 3 is 2.71 bits per heavy atom. The molecule has 4 rings (SSSR count). The number of hydrogen-bond acceptors (Lipinski definition) is 6. The fourth-order valence-electron chi connectivity index (χ4n) is 3.76. The van der Waals surface area contributed by atoms with Crippen molar-refractivity contribution in [3.63, 3.8) is 0 Å². The van der Waals surface area contributed by atoms with E-state index in [1.54, 1.807) is 0 Å². The zero-order valence-electron chi connectivity index (χ0n) is 15.8. The smallest absolute Gasteiger partial charge is 0.401 e. The number of rotatable bonds is 5. The molecule has 1 aromatic carbocycles. The summed E-state index contributed by atoms with van der Waals surface area (Å²) in [5, 5.41) is 8.98. The van der Waals surface area contributed by atoms with Crippen LogP contribution in [-0.2, 0) is 11.3 Å². The predicted octanol–water partition coefficient (Wildman–Crippen LogP) is 3.08. The number of carbonyl (C=O) groups is 1. The molecule has 0 bridgehead atoms. The van der Waals surface area contributed by atoms with E-state index >= 15 is 0 Å². The maximum absolute atomic E-state index is 14.7. The molecule has 1 N–H and O–H groups in total. The number of nitrogens with zero attached hydrogens (tertiary/aromatic N) is 3. The Morgan fingerprint density at radius 1 is 1.26 bits per heavy atom. The van der Waals surface area contributed by atoms with Crippen molar-refractivity contribution in [3.05, 3.63) is 35.0 Å². The second-order valence-electron chi connectivity index (χ2n) is 7.20. The van der Waals surface area contributed by atoms with Gasteiger partial charge < -0.3 is 19.4 Å². The fraction of sp³-hybridized carbons (Fsp3) is 0.500. The molecule has 31 heavy (non-hydrogen) atoms. The quantitative estimate of drug-likeness (QED) is 0.706. The molecule has 0 radical (unpaired) electrons. The Balaban J connectivity index is 1.58. The molecule has 2 aromatic rings. The minimum Gasteiger partial charge on any atom is -0.415 e. The van der Waals surface area contributed by atoms with Crippen molar-refractivity contribution in [2.45, 2.75) is 37.7 Å². The van der Waals surface area contributed by atoms with Gasteiger partial charge in [-0.3, -0.25) is 4.79 Å². The van der Waals surface area contributed by atoms with E-state index in [0.717, 1.165) is 6.07 Å². The second-order valence-corrected chi connectivity index (χ2v) is 7.20. The Morgan fingerprint density at radius 2 is 2.03 bits per heavy atom. The van der Waals surface area contributed by atoms with Crippen LogP contribution in [-0.4, -0.2) is 59.0 Å². The van der Waals surface area contributed by atoms with Crippen molar-refractivity contribution in [2.75, 3.05) is 19.8 Å². The maximum atomic E-state index is 14.7. The Bertz CT molecular complexity index is 980. The molecule has 2 atom stereocenters.